The highest BCUT2D eigenvalue weighted by molar-refractivity contribution is 6.13. The van der Waals surface area contributed by atoms with E-state index in [1.54, 1.807) is 14.2 Å². The molecule has 1 N–H and O–H groups in total. The van der Waals surface area contributed by atoms with Gasteiger partial charge >= 0.3 is 0 Å². The number of aromatic nitrogens is 1. The molecule has 3 rings (SSSR count). The molecule has 0 fully saturated rings. The number of aromatic amines is 1. The maximum atomic E-state index is 5.56. The molecule has 0 spiro atoms. The average molecular weight is 269 g/mol. The van der Waals surface area contributed by atoms with E-state index in [9.17, 15) is 0 Å². The van der Waals surface area contributed by atoms with Crippen molar-refractivity contribution in [1.29, 1.82) is 0 Å². The minimum Gasteiger partial charge on any atom is -0.495 e. The van der Waals surface area contributed by atoms with Gasteiger partial charge in [-0.05, 0) is 43.5 Å². The Labute approximate surface area is 118 Å². The third kappa shape index (κ3) is 1.59. The van der Waals surface area contributed by atoms with Gasteiger partial charge in [-0.3, -0.25) is 0 Å². The summed E-state index contributed by atoms with van der Waals surface area (Å²) in [6.07, 6.45) is 0. The molecule has 3 heteroatoms. The minimum atomic E-state index is 0.874. The lowest BCUT2D eigenvalue weighted by atomic mass is 10.0. The molecule has 0 amide bonds. The molecule has 3 nitrogen and oxygen atoms in total. The number of aryl methyl sites for hydroxylation is 3. The van der Waals surface area contributed by atoms with Gasteiger partial charge in [-0.2, -0.15) is 0 Å². The first-order chi connectivity index (χ1) is 9.58. The molecule has 104 valence electrons. The predicted molar refractivity (Wildman–Crippen MR) is 83.1 cm³/mol. The highest BCUT2D eigenvalue weighted by Crippen LogP contribution is 2.39. The van der Waals surface area contributed by atoms with Crippen molar-refractivity contribution >= 4 is 21.8 Å². The Kier molecular flexibility index (Phi) is 2.85. The summed E-state index contributed by atoms with van der Waals surface area (Å²) in [5, 5.41) is 2.40. The maximum absolute atomic E-state index is 5.56. The summed E-state index contributed by atoms with van der Waals surface area (Å²) < 4.78 is 11.1. The molecule has 0 saturated carbocycles. The summed E-state index contributed by atoms with van der Waals surface area (Å²) in [6, 6.07) is 6.33. The number of methoxy groups -OCH3 is 2. The molecule has 0 aliphatic rings. The lowest BCUT2D eigenvalue weighted by Crippen LogP contribution is -1.89. The third-order valence-corrected chi connectivity index (χ3v) is 4.11. The van der Waals surface area contributed by atoms with Crippen LogP contribution in [0.3, 0.4) is 0 Å². The Morgan fingerprint density at radius 3 is 2.30 bits per heavy atom. The zero-order valence-electron chi connectivity index (χ0n) is 12.5. The topological polar surface area (TPSA) is 34.2 Å². The van der Waals surface area contributed by atoms with Gasteiger partial charge in [-0.25, -0.2) is 0 Å². The number of benzene rings is 2. The first-order valence-electron chi connectivity index (χ1n) is 6.71. The summed E-state index contributed by atoms with van der Waals surface area (Å²) >= 11 is 0. The number of H-pyrrole nitrogens is 1. The van der Waals surface area contributed by atoms with E-state index in [1.165, 1.54) is 21.9 Å². The average Bonchev–Trinajstić information content (AvgIpc) is 2.82. The van der Waals surface area contributed by atoms with Crippen LogP contribution in [0.15, 0.2) is 18.2 Å². The van der Waals surface area contributed by atoms with E-state index in [1.807, 2.05) is 0 Å². The summed E-state index contributed by atoms with van der Waals surface area (Å²) in [5.74, 6) is 1.77. The number of fused-ring (bicyclic) bond motifs is 3. The molecule has 0 aliphatic heterocycles. The van der Waals surface area contributed by atoms with Crippen LogP contribution in [-0.2, 0) is 0 Å². The van der Waals surface area contributed by atoms with Crippen LogP contribution in [-0.4, -0.2) is 19.2 Å². The number of hydrogen-bond acceptors (Lipinski definition) is 2. The maximum Gasteiger partial charge on any atom is 0.145 e. The van der Waals surface area contributed by atoms with Gasteiger partial charge in [-0.1, -0.05) is 12.1 Å². The molecule has 2 aromatic carbocycles. The molecular weight excluding hydrogens is 250 g/mol. The van der Waals surface area contributed by atoms with Crippen molar-refractivity contribution < 1.29 is 9.47 Å². The van der Waals surface area contributed by atoms with Crippen molar-refractivity contribution in [3.8, 4) is 11.5 Å². The van der Waals surface area contributed by atoms with Crippen LogP contribution >= 0.6 is 0 Å². The largest absolute Gasteiger partial charge is 0.495 e. The molecule has 0 radical (unpaired) electrons. The Bertz CT molecular complexity index is 814. The van der Waals surface area contributed by atoms with Crippen LogP contribution in [0.4, 0.5) is 0 Å². The van der Waals surface area contributed by atoms with E-state index in [0.29, 0.717) is 0 Å². The van der Waals surface area contributed by atoms with Gasteiger partial charge in [0.2, 0.25) is 0 Å². The second-order valence-corrected chi connectivity index (χ2v) is 5.23. The highest BCUT2D eigenvalue weighted by Gasteiger charge is 2.16. The normalized spacial score (nSPS) is 11.2. The minimum absolute atomic E-state index is 0.874. The molecule has 0 bridgehead atoms. The lowest BCUT2D eigenvalue weighted by molar-refractivity contribution is 0.415. The SMILES string of the molecule is COc1c(C)ccc2c1[nH]c1c(OC)cc(C)c(C)c12. The number of rotatable bonds is 2. The van der Waals surface area contributed by atoms with E-state index < -0.39 is 0 Å². The molecule has 1 aromatic heterocycles. The predicted octanol–water partition coefficient (Wildman–Crippen LogP) is 4.26. The molecule has 20 heavy (non-hydrogen) atoms. The number of nitrogens with one attached hydrogen (secondary N) is 1. The van der Waals surface area contributed by atoms with Crippen LogP contribution < -0.4 is 9.47 Å². The van der Waals surface area contributed by atoms with Gasteiger partial charge in [0.1, 0.15) is 11.5 Å². The first kappa shape index (κ1) is 12.9. The molecular formula is C17H19NO2. The Morgan fingerprint density at radius 1 is 0.900 bits per heavy atom. The van der Waals surface area contributed by atoms with Crippen LogP contribution in [0.25, 0.3) is 21.8 Å². The van der Waals surface area contributed by atoms with Gasteiger partial charge in [0.05, 0.1) is 25.3 Å². The smallest absolute Gasteiger partial charge is 0.145 e. The molecule has 1 heterocycles. The van der Waals surface area contributed by atoms with Crippen molar-refractivity contribution in [2.45, 2.75) is 20.8 Å². The van der Waals surface area contributed by atoms with Crippen LogP contribution in [0.2, 0.25) is 0 Å². The van der Waals surface area contributed by atoms with E-state index >= 15 is 0 Å². The van der Waals surface area contributed by atoms with Gasteiger partial charge in [0.15, 0.2) is 0 Å². The van der Waals surface area contributed by atoms with Crippen LogP contribution in [0.5, 0.6) is 11.5 Å². The van der Waals surface area contributed by atoms with E-state index in [-0.39, 0.29) is 0 Å². The first-order valence-corrected chi connectivity index (χ1v) is 6.71. The fraction of sp³-hybridized carbons (Fsp3) is 0.294. The highest BCUT2D eigenvalue weighted by atomic mass is 16.5. The Morgan fingerprint density at radius 2 is 1.65 bits per heavy atom. The van der Waals surface area contributed by atoms with E-state index in [0.717, 1.165) is 28.1 Å². The Balaban J connectivity index is 2.57. The van der Waals surface area contributed by atoms with Gasteiger partial charge < -0.3 is 14.5 Å². The van der Waals surface area contributed by atoms with Gasteiger partial charge in [0, 0.05) is 10.8 Å². The summed E-state index contributed by atoms with van der Waals surface area (Å²) in [7, 11) is 3.42. The lowest BCUT2D eigenvalue weighted by Gasteiger charge is -2.07. The summed E-state index contributed by atoms with van der Waals surface area (Å²) in [4.78, 5) is 3.48. The fourth-order valence-electron chi connectivity index (χ4n) is 2.91. The van der Waals surface area contributed by atoms with Crippen LogP contribution in [0, 0.1) is 20.8 Å². The second kappa shape index (κ2) is 4.44. The van der Waals surface area contributed by atoms with Crippen LogP contribution in [0.1, 0.15) is 16.7 Å². The van der Waals surface area contributed by atoms with Crippen molar-refractivity contribution in [2.75, 3.05) is 14.2 Å². The molecule has 0 atom stereocenters. The molecule has 0 unspecified atom stereocenters. The molecule has 3 aromatic rings. The number of hydrogen-bond donors (Lipinski definition) is 1. The van der Waals surface area contributed by atoms with Crippen molar-refractivity contribution in [3.05, 3.63) is 34.9 Å². The fourth-order valence-corrected chi connectivity index (χ4v) is 2.91. The summed E-state index contributed by atoms with van der Waals surface area (Å²) in [6.45, 7) is 6.32. The third-order valence-electron chi connectivity index (χ3n) is 4.11. The van der Waals surface area contributed by atoms with Crippen molar-refractivity contribution in [3.63, 3.8) is 0 Å². The van der Waals surface area contributed by atoms with E-state index in [4.69, 9.17) is 9.47 Å². The standard InChI is InChI=1S/C17H19NO2/c1-9-6-7-12-14-11(3)10(2)8-13(19-4)16(14)18-15(12)17(9)20-5/h6-8,18H,1-5H3. The second-order valence-electron chi connectivity index (χ2n) is 5.23. The molecule has 0 aliphatic carbocycles. The monoisotopic (exact) mass is 269 g/mol. The Hall–Kier alpha value is -2.16. The summed E-state index contributed by atoms with van der Waals surface area (Å²) in [5.41, 5.74) is 5.71. The number of ether oxygens (including phenoxy) is 2. The zero-order chi connectivity index (χ0) is 14.4. The molecule has 0 saturated heterocycles. The quantitative estimate of drug-likeness (QED) is 0.754. The van der Waals surface area contributed by atoms with Crippen molar-refractivity contribution in [2.24, 2.45) is 0 Å². The van der Waals surface area contributed by atoms with Crippen molar-refractivity contribution in [1.82, 2.24) is 4.98 Å². The van der Waals surface area contributed by atoms with Gasteiger partial charge in [0.25, 0.3) is 0 Å². The van der Waals surface area contributed by atoms with Gasteiger partial charge in [-0.15, -0.1) is 0 Å². The zero-order valence-corrected chi connectivity index (χ0v) is 12.5. The van der Waals surface area contributed by atoms with E-state index in [2.05, 4.69) is 44.0 Å².